The van der Waals surface area contributed by atoms with E-state index in [4.69, 9.17) is 10.9 Å². The highest BCUT2D eigenvalue weighted by molar-refractivity contribution is 7.99. The molecule has 1 heterocycles. The van der Waals surface area contributed by atoms with Gasteiger partial charge in [0, 0.05) is 11.9 Å². The number of nitrogens with two attached hydrogens (primary N) is 1. The minimum atomic E-state index is -0.322. The molecule has 1 aromatic carbocycles. The van der Waals surface area contributed by atoms with Crippen LogP contribution in [-0.4, -0.2) is 20.8 Å². The van der Waals surface area contributed by atoms with E-state index < -0.39 is 0 Å². The fraction of sp³-hybridized carbons (Fsp3) is 0.167. The second-order valence-corrected chi connectivity index (χ2v) is 4.94. The first kappa shape index (κ1) is 13.4. The highest BCUT2D eigenvalue weighted by Crippen LogP contribution is 2.32. The number of hydrogen-bond donors (Lipinski definition) is 2. The number of oxime groups is 1. The molecule has 0 bridgehead atoms. The van der Waals surface area contributed by atoms with E-state index in [0.29, 0.717) is 21.2 Å². The number of hydrogen-bond acceptors (Lipinski definition) is 4. The molecule has 2 rings (SSSR count). The fourth-order valence-electron chi connectivity index (χ4n) is 1.73. The van der Waals surface area contributed by atoms with Crippen LogP contribution in [0.5, 0.6) is 0 Å². The van der Waals surface area contributed by atoms with E-state index in [9.17, 15) is 4.39 Å². The molecule has 1 aromatic heterocycles. The average Bonchev–Trinajstić information content (AvgIpc) is 2.66. The topological polar surface area (TPSA) is 76.4 Å². The molecule has 2 aromatic rings. The minimum absolute atomic E-state index is 0.0376. The molecule has 0 saturated heterocycles. The van der Waals surface area contributed by atoms with E-state index in [1.54, 1.807) is 36.9 Å². The summed E-state index contributed by atoms with van der Waals surface area (Å²) in [5.74, 6) is -0.360. The van der Waals surface area contributed by atoms with Crippen LogP contribution in [0.4, 0.5) is 4.39 Å². The summed E-state index contributed by atoms with van der Waals surface area (Å²) in [6.07, 6.45) is 0. The third-order valence-corrected chi connectivity index (χ3v) is 3.79. The van der Waals surface area contributed by atoms with Crippen LogP contribution in [0.15, 0.2) is 39.3 Å². The SMILES string of the molecule is Cc1nn(C)c(Sc2ccccc2F)c1/C(N)=N/O. The summed E-state index contributed by atoms with van der Waals surface area (Å²) in [6, 6.07) is 6.42. The summed E-state index contributed by atoms with van der Waals surface area (Å²) >= 11 is 1.19. The van der Waals surface area contributed by atoms with Gasteiger partial charge in [0.1, 0.15) is 10.8 Å². The van der Waals surface area contributed by atoms with Gasteiger partial charge in [0.15, 0.2) is 5.84 Å². The predicted molar refractivity (Wildman–Crippen MR) is 71.0 cm³/mol. The summed E-state index contributed by atoms with van der Waals surface area (Å²) in [7, 11) is 1.73. The lowest BCUT2D eigenvalue weighted by molar-refractivity contribution is 0.318. The monoisotopic (exact) mass is 280 g/mol. The van der Waals surface area contributed by atoms with Gasteiger partial charge in [0.05, 0.1) is 11.3 Å². The van der Waals surface area contributed by atoms with Crippen molar-refractivity contribution in [2.75, 3.05) is 0 Å². The molecular weight excluding hydrogens is 267 g/mol. The fourth-order valence-corrected chi connectivity index (χ4v) is 2.78. The number of aromatic nitrogens is 2. The first-order chi connectivity index (χ1) is 9.04. The lowest BCUT2D eigenvalue weighted by atomic mass is 10.2. The molecule has 0 fully saturated rings. The first-order valence-electron chi connectivity index (χ1n) is 5.48. The molecule has 0 saturated carbocycles. The van der Waals surface area contributed by atoms with Crippen molar-refractivity contribution < 1.29 is 9.60 Å². The number of rotatable bonds is 3. The van der Waals surface area contributed by atoms with Gasteiger partial charge >= 0.3 is 0 Å². The van der Waals surface area contributed by atoms with E-state index >= 15 is 0 Å². The molecule has 0 radical (unpaired) electrons. The molecule has 19 heavy (non-hydrogen) atoms. The van der Waals surface area contributed by atoms with Crippen LogP contribution in [0, 0.1) is 12.7 Å². The normalized spacial score (nSPS) is 11.8. The Morgan fingerprint density at radius 1 is 1.47 bits per heavy atom. The Morgan fingerprint density at radius 2 is 2.16 bits per heavy atom. The molecule has 0 atom stereocenters. The predicted octanol–water partition coefficient (Wildman–Crippen LogP) is 2.11. The molecule has 5 nitrogen and oxygen atoms in total. The molecule has 7 heteroatoms. The summed E-state index contributed by atoms with van der Waals surface area (Å²) < 4.78 is 15.3. The Hall–Kier alpha value is -2.02. The number of benzene rings is 1. The molecule has 0 aliphatic rings. The highest BCUT2D eigenvalue weighted by Gasteiger charge is 2.19. The lowest BCUT2D eigenvalue weighted by Gasteiger charge is -2.06. The van der Waals surface area contributed by atoms with Gasteiger partial charge in [-0.05, 0) is 19.1 Å². The molecule has 0 aliphatic carbocycles. The number of amidine groups is 1. The number of nitrogens with zero attached hydrogens (tertiary/aromatic N) is 3. The zero-order chi connectivity index (χ0) is 14.0. The Balaban J connectivity index is 2.49. The third kappa shape index (κ3) is 2.55. The maximum Gasteiger partial charge on any atom is 0.174 e. The molecular formula is C12H13FN4OS. The lowest BCUT2D eigenvalue weighted by Crippen LogP contribution is -2.15. The van der Waals surface area contributed by atoms with E-state index in [-0.39, 0.29) is 11.7 Å². The summed E-state index contributed by atoms with van der Waals surface area (Å²) in [4.78, 5) is 0.456. The quantitative estimate of drug-likeness (QED) is 0.391. The largest absolute Gasteiger partial charge is 0.409 e. The third-order valence-electron chi connectivity index (χ3n) is 2.58. The number of halogens is 1. The summed E-state index contributed by atoms with van der Waals surface area (Å²) in [5, 5.41) is 16.6. The molecule has 0 spiro atoms. The Morgan fingerprint density at radius 3 is 2.79 bits per heavy atom. The molecule has 0 amide bonds. The first-order valence-corrected chi connectivity index (χ1v) is 6.30. The van der Waals surface area contributed by atoms with Crippen molar-refractivity contribution in [1.82, 2.24) is 9.78 Å². The van der Waals surface area contributed by atoms with Gasteiger partial charge in [-0.2, -0.15) is 5.10 Å². The van der Waals surface area contributed by atoms with E-state index in [0.717, 1.165) is 0 Å². The van der Waals surface area contributed by atoms with Crippen molar-refractivity contribution in [2.24, 2.45) is 17.9 Å². The van der Waals surface area contributed by atoms with Gasteiger partial charge in [-0.1, -0.05) is 29.1 Å². The van der Waals surface area contributed by atoms with Crippen LogP contribution in [0.25, 0.3) is 0 Å². The highest BCUT2D eigenvalue weighted by atomic mass is 32.2. The van der Waals surface area contributed by atoms with Gasteiger partial charge < -0.3 is 10.9 Å². The zero-order valence-corrected chi connectivity index (χ0v) is 11.3. The maximum atomic E-state index is 13.7. The van der Waals surface area contributed by atoms with Crippen molar-refractivity contribution in [3.63, 3.8) is 0 Å². The van der Waals surface area contributed by atoms with Gasteiger partial charge in [-0.3, -0.25) is 4.68 Å². The molecule has 3 N–H and O–H groups in total. The van der Waals surface area contributed by atoms with Gasteiger partial charge in [-0.15, -0.1) is 0 Å². The van der Waals surface area contributed by atoms with Crippen LogP contribution in [0.2, 0.25) is 0 Å². The second-order valence-electron chi connectivity index (χ2n) is 3.91. The van der Waals surface area contributed by atoms with E-state index in [1.165, 1.54) is 17.8 Å². The molecule has 0 unspecified atom stereocenters. The van der Waals surface area contributed by atoms with Crippen molar-refractivity contribution in [2.45, 2.75) is 16.8 Å². The molecule has 0 aliphatic heterocycles. The van der Waals surface area contributed by atoms with E-state index in [2.05, 4.69) is 10.3 Å². The van der Waals surface area contributed by atoms with Crippen molar-refractivity contribution in [3.05, 3.63) is 41.3 Å². The minimum Gasteiger partial charge on any atom is -0.409 e. The van der Waals surface area contributed by atoms with Gasteiger partial charge in [0.25, 0.3) is 0 Å². The molecule has 100 valence electrons. The second kappa shape index (κ2) is 5.31. The smallest absolute Gasteiger partial charge is 0.174 e. The Bertz CT molecular complexity index is 639. The Kier molecular flexibility index (Phi) is 3.75. The van der Waals surface area contributed by atoms with Crippen molar-refractivity contribution >= 4 is 17.6 Å². The van der Waals surface area contributed by atoms with Crippen molar-refractivity contribution in [1.29, 1.82) is 0 Å². The summed E-state index contributed by atoms with van der Waals surface area (Å²) in [5.41, 5.74) is 6.77. The van der Waals surface area contributed by atoms with Gasteiger partial charge in [0.2, 0.25) is 0 Å². The summed E-state index contributed by atoms with van der Waals surface area (Å²) in [6.45, 7) is 1.75. The Labute approximate surface area is 113 Å². The van der Waals surface area contributed by atoms with Crippen LogP contribution in [0.1, 0.15) is 11.3 Å². The van der Waals surface area contributed by atoms with Crippen LogP contribution in [-0.2, 0) is 7.05 Å². The van der Waals surface area contributed by atoms with E-state index in [1.807, 2.05) is 0 Å². The number of aryl methyl sites for hydroxylation is 2. The van der Waals surface area contributed by atoms with Gasteiger partial charge in [-0.25, -0.2) is 4.39 Å². The van der Waals surface area contributed by atoms with Crippen LogP contribution in [0.3, 0.4) is 0 Å². The average molecular weight is 280 g/mol. The van der Waals surface area contributed by atoms with Crippen LogP contribution < -0.4 is 5.73 Å². The standard InChI is InChI=1S/C12H13FN4OS/c1-7-10(11(14)16-18)12(17(2)15-7)19-9-6-4-3-5-8(9)13/h3-6,18H,1-2H3,(H2,14,16). The maximum absolute atomic E-state index is 13.7. The van der Waals surface area contributed by atoms with Crippen molar-refractivity contribution in [3.8, 4) is 0 Å². The van der Waals surface area contributed by atoms with Crippen LogP contribution >= 0.6 is 11.8 Å². The zero-order valence-electron chi connectivity index (χ0n) is 10.5.